The zero-order valence-corrected chi connectivity index (χ0v) is 12.5. The number of nitrogens with one attached hydrogen (secondary N) is 1. The lowest BCUT2D eigenvalue weighted by Gasteiger charge is -2.19. The average molecular weight is 297 g/mol. The van der Waals surface area contributed by atoms with E-state index in [1.165, 1.54) is 29.5 Å². The van der Waals surface area contributed by atoms with Gasteiger partial charge in [0.1, 0.15) is 21.6 Å². The molecule has 0 aliphatic heterocycles. The van der Waals surface area contributed by atoms with Crippen molar-refractivity contribution >= 4 is 11.3 Å². The molecule has 3 nitrogen and oxygen atoms in total. The monoisotopic (exact) mass is 297 g/mol. The highest BCUT2D eigenvalue weighted by atomic mass is 32.1. The second-order valence-corrected chi connectivity index (χ2v) is 6.72. The summed E-state index contributed by atoms with van der Waals surface area (Å²) in [6.07, 6.45) is 0.131. The molecule has 6 heteroatoms. The van der Waals surface area contributed by atoms with Gasteiger partial charge in [-0.15, -0.1) is 10.2 Å². The molecule has 2 rings (SSSR count). The summed E-state index contributed by atoms with van der Waals surface area (Å²) in [7, 11) is 0. The fourth-order valence-electron chi connectivity index (χ4n) is 1.62. The van der Waals surface area contributed by atoms with Crippen molar-refractivity contribution in [1.29, 1.82) is 0 Å². The molecule has 0 aliphatic rings. The van der Waals surface area contributed by atoms with Gasteiger partial charge in [-0.25, -0.2) is 8.78 Å². The van der Waals surface area contributed by atoms with Crippen molar-refractivity contribution in [1.82, 2.24) is 15.5 Å². The second-order valence-electron chi connectivity index (χ2n) is 5.57. The van der Waals surface area contributed by atoms with Crippen LogP contribution in [0, 0.1) is 11.6 Å². The molecule has 0 radical (unpaired) electrons. The fourth-order valence-corrected chi connectivity index (χ4v) is 2.42. The van der Waals surface area contributed by atoms with Gasteiger partial charge in [0, 0.05) is 17.5 Å². The van der Waals surface area contributed by atoms with E-state index < -0.39 is 11.6 Å². The number of nitrogens with zero attached hydrogens (tertiary/aromatic N) is 2. The Hall–Kier alpha value is -1.40. The van der Waals surface area contributed by atoms with Crippen LogP contribution >= 0.6 is 11.3 Å². The normalized spacial score (nSPS) is 11.8. The first kappa shape index (κ1) is 15.0. The largest absolute Gasteiger partial charge is 0.306 e. The molecule has 108 valence electrons. The first-order valence-electron chi connectivity index (χ1n) is 6.34. The predicted octanol–water partition coefficient (Wildman–Crippen LogP) is 3.30. The summed E-state index contributed by atoms with van der Waals surface area (Å²) in [5.41, 5.74) is 0.0303. The molecule has 0 unspecified atom stereocenters. The van der Waals surface area contributed by atoms with E-state index in [1.807, 2.05) is 0 Å². The van der Waals surface area contributed by atoms with Gasteiger partial charge in [-0.1, -0.05) is 17.4 Å². The van der Waals surface area contributed by atoms with E-state index in [1.54, 1.807) is 0 Å². The van der Waals surface area contributed by atoms with Gasteiger partial charge in [0.15, 0.2) is 0 Å². The third kappa shape index (κ3) is 4.05. The van der Waals surface area contributed by atoms with Crippen LogP contribution in [0.15, 0.2) is 18.2 Å². The molecular weight excluding hydrogens is 280 g/mol. The summed E-state index contributed by atoms with van der Waals surface area (Å²) in [6, 6.07) is 3.86. The van der Waals surface area contributed by atoms with Crippen LogP contribution in [0.1, 0.15) is 36.3 Å². The predicted molar refractivity (Wildman–Crippen MR) is 75.7 cm³/mol. The molecule has 0 aliphatic carbocycles. The number of halogens is 2. The quantitative estimate of drug-likeness (QED) is 0.941. The fraction of sp³-hybridized carbons (Fsp3) is 0.429. The minimum Gasteiger partial charge on any atom is -0.306 e. The molecule has 0 atom stereocenters. The Bertz CT molecular complexity index is 570. The first-order chi connectivity index (χ1) is 9.35. The van der Waals surface area contributed by atoms with Crippen molar-refractivity contribution in [3.63, 3.8) is 0 Å². The number of hydrogen-bond donors (Lipinski definition) is 1. The van der Waals surface area contributed by atoms with E-state index in [0.29, 0.717) is 11.6 Å². The van der Waals surface area contributed by atoms with Crippen LogP contribution in [-0.4, -0.2) is 15.7 Å². The molecule has 0 bridgehead atoms. The zero-order chi connectivity index (χ0) is 14.8. The smallest absolute Gasteiger partial charge is 0.131 e. The van der Waals surface area contributed by atoms with E-state index in [-0.39, 0.29) is 17.5 Å². The third-order valence-corrected chi connectivity index (χ3v) is 3.59. The topological polar surface area (TPSA) is 37.8 Å². The SMILES string of the molecule is CC(C)(C)NCc1nnc(Cc2c(F)cccc2F)s1. The van der Waals surface area contributed by atoms with Gasteiger partial charge in [0.05, 0.1) is 6.54 Å². The number of benzene rings is 1. The molecule has 1 heterocycles. The van der Waals surface area contributed by atoms with Crippen LogP contribution in [0.25, 0.3) is 0 Å². The second kappa shape index (κ2) is 5.93. The molecular formula is C14H17F2N3S. The molecule has 0 amide bonds. The molecule has 0 fully saturated rings. The van der Waals surface area contributed by atoms with E-state index in [0.717, 1.165) is 5.01 Å². The maximum absolute atomic E-state index is 13.6. The Morgan fingerprint density at radius 3 is 2.30 bits per heavy atom. The summed E-state index contributed by atoms with van der Waals surface area (Å²) < 4.78 is 27.1. The van der Waals surface area contributed by atoms with Gasteiger partial charge in [-0.05, 0) is 32.9 Å². The number of rotatable bonds is 4. The zero-order valence-electron chi connectivity index (χ0n) is 11.7. The highest BCUT2D eigenvalue weighted by molar-refractivity contribution is 7.11. The van der Waals surface area contributed by atoms with Crippen molar-refractivity contribution < 1.29 is 8.78 Å². The lowest BCUT2D eigenvalue weighted by Crippen LogP contribution is -2.35. The van der Waals surface area contributed by atoms with Crippen LogP contribution in [-0.2, 0) is 13.0 Å². The summed E-state index contributed by atoms with van der Waals surface area (Å²) in [6.45, 7) is 6.78. The lowest BCUT2D eigenvalue weighted by molar-refractivity contribution is 0.423. The summed E-state index contributed by atoms with van der Waals surface area (Å²) in [4.78, 5) is 0. The van der Waals surface area contributed by atoms with Crippen LogP contribution in [0.2, 0.25) is 0 Å². The average Bonchev–Trinajstić information content (AvgIpc) is 2.79. The van der Waals surface area contributed by atoms with Gasteiger partial charge >= 0.3 is 0 Å². The van der Waals surface area contributed by atoms with E-state index >= 15 is 0 Å². The Morgan fingerprint density at radius 2 is 1.70 bits per heavy atom. The summed E-state index contributed by atoms with van der Waals surface area (Å²) in [5.74, 6) is -1.09. The Morgan fingerprint density at radius 1 is 1.10 bits per heavy atom. The summed E-state index contributed by atoms with van der Waals surface area (Å²) >= 11 is 1.37. The van der Waals surface area contributed by atoms with E-state index in [4.69, 9.17) is 0 Å². The van der Waals surface area contributed by atoms with Gasteiger partial charge < -0.3 is 5.32 Å². The highest BCUT2D eigenvalue weighted by Gasteiger charge is 2.14. The minimum absolute atomic E-state index is 0.0104. The Balaban J connectivity index is 2.06. The van der Waals surface area contributed by atoms with Crippen LogP contribution < -0.4 is 5.32 Å². The maximum Gasteiger partial charge on any atom is 0.131 e. The molecule has 0 saturated heterocycles. The van der Waals surface area contributed by atoms with Gasteiger partial charge in [0.25, 0.3) is 0 Å². The molecule has 2 aromatic rings. The van der Waals surface area contributed by atoms with Crippen molar-refractivity contribution in [3.8, 4) is 0 Å². The number of aromatic nitrogens is 2. The standard InChI is InChI=1S/C14H17F2N3S/c1-14(2,3)17-8-13-19-18-12(20-13)7-9-10(15)5-4-6-11(9)16/h4-6,17H,7-8H2,1-3H3. The van der Waals surface area contributed by atoms with Crippen molar-refractivity contribution in [2.24, 2.45) is 0 Å². The Kier molecular flexibility index (Phi) is 4.45. The van der Waals surface area contributed by atoms with Crippen molar-refractivity contribution in [2.45, 2.75) is 39.3 Å². The van der Waals surface area contributed by atoms with Crippen LogP contribution in [0.4, 0.5) is 8.78 Å². The van der Waals surface area contributed by atoms with Crippen molar-refractivity contribution in [3.05, 3.63) is 45.4 Å². The highest BCUT2D eigenvalue weighted by Crippen LogP contribution is 2.19. The first-order valence-corrected chi connectivity index (χ1v) is 7.16. The van der Waals surface area contributed by atoms with Crippen molar-refractivity contribution in [2.75, 3.05) is 0 Å². The van der Waals surface area contributed by atoms with Gasteiger partial charge in [-0.3, -0.25) is 0 Å². The van der Waals surface area contributed by atoms with E-state index in [9.17, 15) is 8.78 Å². The molecule has 20 heavy (non-hydrogen) atoms. The molecule has 0 saturated carbocycles. The molecule has 0 spiro atoms. The summed E-state index contributed by atoms with van der Waals surface area (Å²) in [5, 5.41) is 12.7. The lowest BCUT2D eigenvalue weighted by atomic mass is 10.1. The maximum atomic E-state index is 13.6. The molecule has 1 aromatic carbocycles. The minimum atomic E-state index is -0.547. The Labute approximate surface area is 121 Å². The van der Waals surface area contributed by atoms with Gasteiger partial charge in [0.2, 0.25) is 0 Å². The van der Waals surface area contributed by atoms with Crippen LogP contribution in [0.5, 0.6) is 0 Å². The van der Waals surface area contributed by atoms with Crippen LogP contribution in [0.3, 0.4) is 0 Å². The molecule has 1 aromatic heterocycles. The number of hydrogen-bond acceptors (Lipinski definition) is 4. The van der Waals surface area contributed by atoms with E-state index in [2.05, 4.69) is 36.3 Å². The molecule has 1 N–H and O–H groups in total. The third-order valence-electron chi connectivity index (χ3n) is 2.67. The van der Waals surface area contributed by atoms with Gasteiger partial charge in [-0.2, -0.15) is 0 Å².